The van der Waals surface area contributed by atoms with Crippen LogP contribution in [0.1, 0.15) is 50.9 Å². The van der Waals surface area contributed by atoms with Crippen LogP contribution in [0.25, 0.3) is 0 Å². The molecule has 0 aliphatic heterocycles. The molecule has 1 aromatic heterocycles. The fourth-order valence-electron chi connectivity index (χ4n) is 2.51. The Kier molecular flexibility index (Phi) is 3.17. The first kappa shape index (κ1) is 14.3. The minimum Gasteiger partial charge on any atom is -0.382 e. The highest BCUT2D eigenvalue weighted by atomic mass is 16.7. The van der Waals surface area contributed by atoms with Gasteiger partial charge in [0.15, 0.2) is 5.82 Å². The van der Waals surface area contributed by atoms with E-state index in [1.165, 1.54) is 6.92 Å². The van der Waals surface area contributed by atoms with Crippen molar-refractivity contribution in [3.05, 3.63) is 23.8 Å². The first-order valence-electron chi connectivity index (χ1n) is 6.29. The molecular formula is C13H20N2O4. The highest BCUT2D eigenvalue weighted by molar-refractivity contribution is 5.18. The van der Waals surface area contributed by atoms with E-state index in [2.05, 4.69) is 9.97 Å². The minimum atomic E-state index is -2.81. The van der Waals surface area contributed by atoms with Crippen LogP contribution in [0.5, 0.6) is 0 Å². The average molecular weight is 268 g/mol. The van der Waals surface area contributed by atoms with E-state index in [0.717, 1.165) is 5.56 Å². The lowest BCUT2D eigenvalue weighted by Crippen LogP contribution is -2.60. The molecule has 1 aliphatic carbocycles. The summed E-state index contributed by atoms with van der Waals surface area (Å²) in [6, 6.07) is 0. The zero-order valence-corrected chi connectivity index (χ0v) is 11.3. The van der Waals surface area contributed by atoms with E-state index in [9.17, 15) is 20.4 Å². The maximum Gasteiger partial charge on any atom is 0.281 e. The van der Waals surface area contributed by atoms with Gasteiger partial charge >= 0.3 is 0 Å². The summed E-state index contributed by atoms with van der Waals surface area (Å²) in [5.41, 5.74) is -1.53. The van der Waals surface area contributed by atoms with Crippen LogP contribution in [0.2, 0.25) is 0 Å². The maximum absolute atomic E-state index is 10.4. The van der Waals surface area contributed by atoms with Crippen LogP contribution in [-0.2, 0) is 5.60 Å². The Labute approximate surface area is 111 Å². The minimum absolute atomic E-state index is 0.00940. The summed E-state index contributed by atoms with van der Waals surface area (Å²) >= 11 is 0. The molecule has 106 valence electrons. The second kappa shape index (κ2) is 4.21. The largest absolute Gasteiger partial charge is 0.382 e. The molecule has 0 bridgehead atoms. The Bertz CT molecular complexity index is 459. The van der Waals surface area contributed by atoms with Gasteiger partial charge in [-0.05, 0) is 24.3 Å². The summed E-state index contributed by atoms with van der Waals surface area (Å²) in [7, 11) is 0. The van der Waals surface area contributed by atoms with Crippen molar-refractivity contribution in [2.45, 2.75) is 51.1 Å². The van der Waals surface area contributed by atoms with Gasteiger partial charge in [0.25, 0.3) is 5.97 Å². The van der Waals surface area contributed by atoms with Crippen molar-refractivity contribution in [1.29, 1.82) is 0 Å². The van der Waals surface area contributed by atoms with Gasteiger partial charge < -0.3 is 20.4 Å². The van der Waals surface area contributed by atoms with E-state index in [0.29, 0.717) is 5.92 Å². The zero-order chi connectivity index (χ0) is 14.5. The van der Waals surface area contributed by atoms with Crippen LogP contribution in [-0.4, -0.2) is 36.4 Å². The van der Waals surface area contributed by atoms with Gasteiger partial charge in [0.05, 0.1) is 5.41 Å². The van der Waals surface area contributed by atoms with Gasteiger partial charge in [0.2, 0.25) is 0 Å². The molecule has 1 heterocycles. The molecule has 1 aliphatic rings. The normalized spacial score (nSPS) is 31.4. The van der Waals surface area contributed by atoms with E-state index in [1.807, 2.05) is 13.8 Å². The Balaban J connectivity index is 2.16. The second-order valence-electron chi connectivity index (χ2n) is 6.08. The first-order valence-corrected chi connectivity index (χ1v) is 6.29. The number of nitrogens with zero attached hydrogens (tertiary/aromatic N) is 2. The molecule has 0 radical (unpaired) electrons. The molecule has 0 amide bonds. The van der Waals surface area contributed by atoms with Crippen LogP contribution in [0, 0.1) is 5.41 Å². The van der Waals surface area contributed by atoms with Gasteiger partial charge in [0.1, 0.15) is 5.60 Å². The molecule has 6 heteroatoms. The Hall–Kier alpha value is -1.08. The van der Waals surface area contributed by atoms with Gasteiger partial charge in [-0.1, -0.05) is 20.8 Å². The summed E-state index contributed by atoms with van der Waals surface area (Å²) in [4.78, 5) is 8.27. The molecule has 1 aromatic rings. The van der Waals surface area contributed by atoms with Crippen LogP contribution >= 0.6 is 0 Å². The van der Waals surface area contributed by atoms with Crippen molar-refractivity contribution in [3.63, 3.8) is 0 Å². The molecule has 4 N–H and O–H groups in total. The van der Waals surface area contributed by atoms with Gasteiger partial charge in [-0.25, -0.2) is 9.97 Å². The molecule has 19 heavy (non-hydrogen) atoms. The number of hydrogen-bond donors (Lipinski definition) is 4. The molecule has 0 saturated heterocycles. The lowest BCUT2D eigenvalue weighted by molar-refractivity contribution is -0.408. The van der Waals surface area contributed by atoms with E-state index in [-0.39, 0.29) is 18.7 Å². The molecule has 0 atom stereocenters. The predicted molar refractivity (Wildman–Crippen MR) is 66.7 cm³/mol. The van der Waals surface area contributed by atoms with E-state index >= 15 is 0 Å². The molecule has 0 unspecified atom stereocenters. The van der Waals surface area contributed by atoms with Gasteiger partial charge in [-0.3, -0.25) is 0 Å². The lowest BCUT2D eigenvalue weighted by atomic mass is 9.58. The number of hydrogen-bond acceptors (Lipinski definition) is 6. The molecule has 1 fully saturated rings. The summed E-state index contributed by atoms with van der Waals surface area (Å²) in [6.07, 6.45) is 3.30. The molecule has 2 rings (SSSR count). The molecular weight excluding hydrogens is 248 g/mol. The highest BCUT2D eigenvalue weighted by Crippen LogP contribution is 2.56. The highest BCUT2D eigenvalue weighted by Gasteiger charge is 2.62. The van der Waals surface area contributed by atoms with E-state index in [1.54, 1.807) is 12.4 Å². The number of aromatic nitrogens is 2. The Morgan fingerprint density at radius 3 is 2.00 bits per heavy atom. The fourth-order valence-corrected chi connectivity index (χ4v) is 2.51. The third-order valence-corrected chi connectivity index (χ3v) is 3.93. The third kappa shape index (κ3) is 2.36. The van der Waals surface area contributed by atoms with Crippen LogP contribution in [0.4, 0.5) is 0 Å². The average Bonchev–Trinajstić information content (AvgIpc) is 2.25. The quantitative estimate of drug-likeness (QED) is 0.584. The maximum atomic E-state index is 10.4. The molecule has 0 spiro atoms. The van der Waals surface area contributed by atoms with Crippen LogP contribution in [0.15, 0.2) is 12.4 Å². The van der Waals surface area contributed by atoms with Crippen molar-refractivity contribution < 1.29 is 20.4 Å². The van der Waals surface area contributed by atoms with Crippen LogP contribution in [0.3, 0.4) is 0 Å². The first-order chi connectivity index (χ1) is 8.57. The SMILES string of the molecule is CC(C)c1cnc(C2(O)CC(C)(C(O)(O)O)C2)nc1. The van der Waals surface area contributed by atoms with E-state index < -0.39 is 17.0 Å². The van der Waals surface area contributed by atoms with Crippen molar-refractivity contribution in [1.82, 2.24) is 9.97 Å². The van der Waals surface area contributed by atoms with Crippen molar-refractivity contribution >= 4 is 0 Å². The van der Waals surface area contributed by atoms with Gasteiger partial charge in [-0.15, -0.1) is 0 Å². The Morgan fingerprint density at radius 2 is 1.63 bits per heavy atom. The number of aliphatic hydroxyl groups is 4. The summed E-state index contributed by atoms with van der Waals surface area (Å²) in [5, 5.41) is 38.1. The van der Waals surface area contributed by atoms with Gasteiger partial charge in [0, 0.05) is 12.4 Å². The lowest BCUT2D eigenvalue weighted by Gasteiger charge is -2.53. The zero-order valence-electron chi connectivity index (χ0n) is 11.3. The summed E-state index contributed by atoms with van der Waals surface area (Å²) in [6.45, 7) is 5.53. The third-order valence-electron chi connectivity index (χ3n) is 3.93. The van der Waals surface area contributed by atoms with Gasteiger partial charge in [-0.2, -0.15) is 0 Å². The van der Waals surface area contributed by atoms with Crippen LogP contribution < -0.4 is 0 Å². The topological polar surface area (TPSA) is 107 Å². The molecule has 0 aromatic carbocycles. The van der Waals surface area contributed by atoms with Crippen molar-refractivity contribution in [3.8, 4) is 0 Å². The molecule has 1 saturated carbocycles. The van der Waals surface area contributed by atoms with Crippen molar-refractivity contribution in [2.24, 2.45) is 5.41 Å². The fraction of sp³-hybridized carbons (Fsp3) is 0.692. The van der Waals surface area contributed by atoms with E-state index in [4.69, 9.17) is 0 Å². The summed E-state index contributed by atoms with van der Waals surface area (Å²) < 4.78 is 0. The standard InChI is InChI=1S/C13H20N2O4/c1-8(2)9-4-14-10(15-5-9)12(16)6-11(3,7-12)13(17,18)19/h4-5,8,16-19H,6-7H2,1-3H3. The smallest absolute Gasteiger partial charge is 0.281 e. The number of rotatable bonds is 3. The monoisotopic (exact) mass is 268 g/mol. The molecule has 6 nitrogen and oxygen atoms in total. The van der Waals surface area contributed by atoms with Crippen molar-refractivity contribution in [2.75, 3.05) is 0 Å². The second-order valence-corrected chi connectivity index (χ2v) is 6.08. The predicted octanol–water partition coefficient (Wildman–Crippen LogP) is 0.218. The summed E-state index contributed by atoms with van der Waals surface area (Å²) in [5.74, 6) is -2.26. The Morgan fingerprint density at radius 1 is 1.16 bits per heavy atom.